The number of nitrogens with zero attached hydrogens (tertiary/aromatic N) is 2. The summed E-state index contributed by atoms with van der Waals surface area (Å²) >= 11 is 0. The molecule has 0 saturated carbocycles. The van der Waals surface area contributed by atoms with Crippen LogP contribution in [0.5, 0.6) is 11.5 Å². The molecule has 0 aliphatic heterocycles. The number of aryl methyl sites for hydroxylation is 2. The average Bonchev–Trinajstić information content (AvgIpc) is 3.78. The number of nitrogens with two attached hydrogens (primary N) is 4. The number of aromatic nitrogens is 2. The number of benzene rings is 4. The van der Waals surface area contributed by atoms with Crippen LogP contribution in [0.2, 0.25) is 0 Å². The summed E-state index contributed by atoms with van der Waals surface area (Å²) in [5.74, 6) is -1.94. The molecule has 0 spiro atoms. The van der Waals surface area contributed by atoms with Gasteiger partial charge in [0.25, 0.3) is 11.8 Å². The van der Waals surface area contributed by atoms with Gasteiger partial charge in [0.2, 0.25) is 11.8 Å². The number of carbonyl (C=O) groups is 6. The fourth-order valence-corrected chi connectivity index (χ4v) is 6.80. The van der Waals surface area contributed by atoms with E-state index in [0.717, 1.165) is 32.9 Å². The number of rotatable bonds is 18. The molecule has 2 heterocycles. The molecule has 0 aliphatic rings. The predicted octanol–water partition coefficient (Wildman–Crippen LogP) is 5.23. The van der Waals surface area contributed by atoms with Crippen LogP contribution in [-0.2, 0) is 51.2 Å². The normalized spacial score (nSPS) is 12.0. The van der Waals surface area contributed by atoms with E-state index >= 15 is 0 Å². The number of nitrogens with one attached hydrogen (secondary N) is 2. The Kier molecular flexibility index (Phi) is 16.3. The summed E-state index contributed by atoms with van der Waals surface area (Å²) < 4.78 is 20.5. The molecule has 4 amide bonds. The Labute approximate surface area is 381 Å². The molecule has 2 atom stereocenters. The summed E-state index contributed by atoms with van der Waals surface area (Å²) in [4.78, 5) is 70.1. The van der Waals surface area contributed by atoms with E-state index in [4.69, 9.17) is 42.3 Å². The fraction of sp³-hybridized carbons (Fsp3) is 0.292. The van der Waals surface area contributed by atoms with Crippen molar-refractivity contribution in [1.29, 1.82) is 0 Å². The van der Waals surface area contributed by atoms with Gasteiger partial charge in [-0.25, -0.2) is 0 Å². The van der Waals surface area contributed by atoms with Crippen molar-refractivity contribution in [1.82, 2.24) is 9.13 Å². The van der Waals surface area contributed by atoms with Crippen LogP contribution < -0.4 is 43.0 Å². The molecule has 0 saturated heterocycles. The summed E-state index contributed by atoms with van der Waals surface area (Å²) in [5, 5.41) is 15.9. The first-order chi connectivity index (χ1) is 31.2. The fourth-order valence-electron chi connectivity index (χ4n) is 6.80. The smallest absolute Gasteiger partial charge is 0.306 e. The third-order valence-corrected chi connectivity index (χ3v) is 10.2. The lowest BCUT2D eigenvalue weighted by molar-refractivity contribution is -0.155. The topological polar surface area (TPSA) is 288 Å². The van der Waals surface area contributed by atoms with Crippen LogP contribution in [0.4, 0.5) is 11.4 Å². The van der Waals surface area contributed by atoms with Crippen LogP contribution in [-0.4, -0.2) is 67.5 Å². The maximum absolute atomic E-state index is 12.4. The molecule has 18 heteroatoms. The second-order valence-electron chi connectivity index (χ2n) is 16.6. The summed E-state index contributed by atoms with van der Waals surface area (Å²) in [7, 11) is 3.56. The van der Waals surface area contributed by atoms with Gasteiger partial charge in [0.15, 0.2) is 0 Å². The Morgan fingerprint density at radius 1 is 0.621 bits per heavy atom. The quantitative estimate of drug-likeness (QED) is 0.0546. The zero-order valence-corrected chi connectivity index (χ0v) is 37.5. The van der Waals surface area contributed by atoms with Gasteiger partial charge in [-0.3, -0.25) is 28.8 Å². The van der Waals surface area contributed by atoms with Crippen LogP contribution in [0.25, 0.3) is 21.8 Å². The lowest BCUT2D eigenvalue weighted by Crippen LogP contribution is -2.36. The number of fused-ring (bicyclic) bond motifs is 2. The Balaban J connectivity index is 0.000000249. The minimum Gasteiger partial charge on any atom is -0.489 e. The van der Waals surface area contributed by atoms with Gasteiger partial charge in [-0.05, 0) is 118 Å². The number of carboxylic acids is 1. The van der Waals surface area contributed by atoms with Crippen molar-refractivity contribution in [2.75, 3.05) is 10.6 Å². The summed E-state index contributed by atoms with van der Waals surface area (Å²) in [5.41, 5.74) is 27.3. The number of primary amides is 2. The second kappa shape index (κ2) is 21.8. The number of aliphatic carboxylic acids is 1. The molecule has 0 aliphatic carbocycles. The van der Waals surface area contributed by atoms with E-state index in [1.165, 1.54) is 0 Å². The maximum atomic E-state index is 12.4. The molecular formula is C48H56N8O10. The average molecular weight is 905 g/mol. The van der Waals surface area contributed by atoms with E-state index in [9.17, 15) is 28.8 Å². The minimum atomic E-state index is -0.998. The van der Waals surface area contributed by atoms with E-state index in [1.807, 2.05) is 42.5 Å². The minimum absolute atomic E-state index is 0.0589. The van der Waals surface area contributed by atoms with Crippen molar-refractivity contribution in [2.24, 2.45) is 37.0 Å². The monoisotopic (exact) mass is 904 g/mol. The highest BCUT2D eigenvalue weighted by Crippen LogP contribution is 2.27. The van der Waals surface area contributed by atoms with Gasteiger partial charge in [0.1, 0.15) is 41.7 Å². The lowest BCUT2D eigenvalue weighted by Gasteiger charge is -2.20. The zero-order valence-electron chi connectivity index (χ0n) is 37.5. The number of ether oxygens (including phenoxy) is 3. The Hall–Kier alpha value is -7.70. The van der Waals surface area contributed by atoms with Gasteiger partial charge >= 0.3 is 11.9 Å². The highest BCUT2D eigenvalue weighted by atomic mass is 16.6. The van der Waals surface area contributed by atoms with Crippen molar-refractivity contribution in [2.45, 2.75) is 77.4 Å². The number of carbonyl (C=O) groups excluding carboxylic acids is 5. The molecule has 2 aromatic heterocycles. The van der Waals surface area contributed by atoms with Crippen LogP contribution in [0.15, 0.2) is 97.1 Å². The standard InChI is InChI=1S/C26H32N4O5.C22H24N4O5/c1-26(2,3)35-23(31)11-9-20(27)25(33)29-18-7-5-6-16(12-18)15-34-19-8-10-21-17(13-19)14-22(24(28)32)30(21)4;1-26-18-7-5-16(10-14(18)11-19(26)21(24)29)31-12-13-3-2-4-15(9-13)25-22(30)17(23)6-8-20(27)28/h5-8,10,12-14,20H,9,11,15,27H2,1-4H3,(H2,28,32)(H,29,33);2-5,7,9-11,17H,6,8,12,23H2,1H3,(H2,24,29)(H,25,30)(H,27,28)/t20-;17-/m00/s1. The van der Waals surface area contributed by atoms with E-state index < -0.39 is 41.4 Å². The third kappa shape index (κ3) is 13.9. The van der Waals surface area contributed by atoms with Gasteiger partial charge < -0.3 is 62.0 Å². The summed E-state index contributed by atoms with van der Waals surface area (Å²) in [6.45, 7) is 5.89. The maximum Gasteiger partial charge on any atom is 0.306 e. The van der Waals surface area contributed by atoms with E-state index in [0.29, 0.717) is 34.3 Å². The summed E-state index contributed by atoms with van der Waals surface area (Å²) in [6.07, 6.45) is 0.133. The first kappa shape index (κ1) is 49.3. The molecule has 0 bridgehead atoms. The molecule has 18 nitrogen and oxygen atoms in total. The van der Waals surface area contributed by atoms with Gasteiger partial charge in [0.05, 0.1) is 12.1 Å². The molecule has 0 fully saturated rings. The van der Waals surface area contributed by atoms with Crippen molar-refractivity contribution in [3.8, 4) is 11.5 Å². The number of hydrogen-bond acceptors (Lipinski definition) is 11. The predicted molar refractivity (Wildman–Crippen MR) is 250 cm³/mol. The van der Waals surface area contributed by atoms with Gasteiger partial charge in [-0.15, -0.1) is 0 Å². The van der Waals surface area contributed by atoms with E-state index in [1.54, 1.807) is 98.6 Å². The number of anilines is 2. The molecule has 4 aromatic carbocycles. The lowest BCUT2D eigenvalue weighted by atomic mass is 10.1. The van der Waals surface area contributed by atoms with Crippen LogP contribution in [0.3, 0.4) is 0 Å². The first-order valence-electron chi connectivity index (χ1n) is 21.0. The van der Waals surface area contributed by atoms with Gasteiger partial charge in [-0.1, -0.05) is 24.3 Å². The van der Waals surface area contributed by atoms with Crippen molar-refractivity contribution >= 4 is 68.7 Å². The van der Waals surface area contributed by atoms with Crippen LogP contribution in [0.1, 0.15) is 78.6 Å². The van der Waals surface area contributed by atoms with E-state index in [2.05, 4.69) is 10.6 Å². The van der Waals surface area contributed by atoms with Crippen molar-refractivity contribution in [3.63, 3.8) is 0 Å². The van der Waals surface area contributed by atoms with Crippen LogP contribution >= 0.6 is 0 Å². The molecule has 0 unspecified atom stereocenters. The highest BCUT2D eigenvalue weighted by molar-refractivity contribution is 5.99. The van der Waals surface area contributed by atoms with Crippen LogP contribution in [0, 0.1) is 0 Å². The molecule has 66 heavy (non-hydrogen) atoms. The van der Waals surface area contributed by atoms with Gasteiger partial charge in [0, 0.05) is 60.1 Å². The Bertz CT molecular complexity index is 2750. The Morgan fingerprint density at radius 2 is 1.05 bits per heavy atom. The number of esters is 1. The first-order valence-corrected chi connectivity index (χ1v) is 21.0. The second-order valence-corrected chi connectivity index (χ2v) is 16.6. The zero-order chi connectivity index (χ0) is 48.3. The molecule has 6 rings (SSSR count). The largest absolute Gasteiger partial charge is 0.489 e. The Morgan fingerprint density at radius 3 is 1.44 bits per heavy atom. The molecule has 6 aromatic rings. The van der Waals surface area contributed by atoms with E-state index in [-0.39, 0.29) is 50.8 Å². The van der Waals surface area contributed by atoms with Crippen molar-refractivity contribution < 1.29 is 48.1 Å². The number of carboxylic acid groups (broad SMARTS) is 1. The molecule has 348 valence electrons. The molecule has 0 radical (unpaired) electrons. The number of hydrogen-bond donors (Lipinski definition) is 7. The SMILES string of the molecule is Cn1c(C(N)=O)cc2cc(OCc3cccc(NC(=O)[C@@H](N)CCC(=O)O)c3)ccc21.Cn1c(C(N)=O)cc2cc(OCc3cccc(NC(=O)[C@@H](N)CCC(=O)OC(C)(C)C)c3)ccc21. The molecular weight excluding hydrogens is 849 g/mol. The highest BCUT2D eigenvalue weighted by Gasteiger charge is 2.21. The van der Waals surface area contributed by atoms with Crippen molar-refractivity contribution in [3.05, 3.63) is 120 Å². The molecule has 11 N–H and O–H groups in total. The number of amides is 4. The third-order valence-electron chi connectivity index (χ3n) is 10.2. The van der Waals surface area contributed by atoms with Gasteiger partial charge in [-0.2, -0.15) is 0 Å². The summed E-state index contributed by atoms with van der Waals surface area (Å²) in [6, 6.07) is 27.1.